The number of nitrogens with zero attached hydrogens (tertiary/aromatic N) is 1. The third-order valence-corrected chi connectivity index (χ3v) is 6.37. The summed E-state index contributed by atoms with van der Waals surface area (Å²) in [5.74, 6) is 0.729. The summed E-state index contributed by atoms with van der Waals surface area (Å²) in [4.78, 5) is 0.383. The molecule has 0 amide bonds. The Morgan fingerprint density at radius 1 is 1.04 bits per heavy atom. The molecule has 2 aromatic carbocycles. The molecule has 1 aliphatic carbocycles. The quantitative estimate of drug-likeness (QED) is 0.834. The zero-order chi connectivity index (χ0) is 17.2. The van der Waals surface area contributed by atoms with Gasteiger partial charge in [0, 0.05) is 13.6 Å². The van der Waals surface area contributed by atoms with Gasteiger partial charge in [0.1, 0.15) is 5.75 Å². The van der Waals surface area contributed by atoms with Crippen LogP contribution in [-0.4, -0.2) is 26.9 Å². The van der Waals surface area contributed by atoms with Gasteiger partial charge in [0.05, 0.1) is 12.0 Å². The van der Waals surface area contributed by atoms with Crippen molar-refractivity contribution in [1.29, 1.82) is 0 Å². The maximum atomic E-state index is 12.9. The van der Waals surface area contributed by atoms with Crippen molar-refractivity contribution in [2.24, 2.45) is 0 Å². The number of fused-ring (bicyclic) bond motifs is 1. The predicted octanol–water partition coefficient (Wildman–Crippen LogP) is 3.39. The molecule has 4 nitrogen and oxygen atoms in total. The zero-order valence-electron chi connectivity index (χ0n) is 14.2. The fourth-order valence-corrected chi connectivity index (χ4v) is 4.37. The van der Waals surface area contributed by atoms with E-state index in [4.69, 9.17) is 4.74 Å². The second kappa shape index (κ2) is 6.95. The largest absolute Gasteiger partial charge is 0.497 e. The SMILES string of the molecule is COc1cccc(CN(C)S(=O)(=O)c2ccc3c(c2)CCCC3)c1. The van der Waals surface area contributed by atoms with E-state index < -0.39 is 10.0 Å². The van der Waals surface area contributed by atoms with Gasteiger partial charge in [0.2, 0.25) is 10.0 Å². The van der Waals surface area contributed by atoms with Gasteiger partial charge >= 0.3 is 0 Å². The molecule has 1 aliphatic rings. The molecule has 2 aromatic rings. The molecule has 0 saturated heterocycles. The first-order valence-corrected chi connectivity index (χ1v) is 9.66. The molecule has 0 saturated carbocycles. The Hall–Kier alpha value is -1.85. The number of ether oxygens (including phenoxy) is 1. The Labute approximate surface area is 144 Å². The van der Waals surface area contributed by atoms with Crippen LogP contribution in [-0.2, 0) is 29.4 Å². The van der Waals surface area contributed by atoms with E-state index in [1.54, 1.807) is 20.2 Å². The molecule has 24 heavy (non-hydrogen) atoms. The van der Waals surface area contributed by atoms with Crippen LogP contribution >= 0.6 is 0 Å². The van der Waals surface area contributed by atoms with Crippen LogP contribution in [0.4, 0.5) is 0 Å². The molecular formula is C19H23NO3S. The fourth-order valence-electron chi connectivity index (χ4n) is 3.16. The van der Waals surface area contributed by atoms with Gasteiger partial charge in [0.25, 0.3) is 0 Å². The van der Waals surface area contributed by atoms with Crippen LogP contribution in [0.15, 0.2) is 47.4 Å². The third-order valence-electron chi connectivity index (χ3n) is 4.57. The molecule has 0 atom stereocenters. The lowest BCUT2D eigenvalue weighted by Crippen LogP contribution is -2.26. The van der Waals surface area contributed by atoms with Crippen LogP contribution in [0.1, 0.15) is 29.5 Å². The molecule has 128 valence electrons. The number of hydrogen-bond acceptors (Lipinski definition) is 3. The first-order chi connectivity index (χ1) is 11.5. The highest BCUT2D eigenvalue weighted by atomic mass is 32.2. The highest BCUT2D eigenvalue weighted by Crippen LogP contribution is 2.26. The summed E-state index contributed by atoms with van der Waals surface area (Å²) < 4.78 is 32.3. The van der Waals surface area contributed by atoms with Gasteiger partial charge in [-0.25, -0.2) is 8.42 Å². The maximum absolute atomic E-state index is 12.9. The number of methoxy groups -OCH3 is 1. The first-order valence-electron chi connectivity index (χ1n) is 8.22. The smallest absolute Gasteiger partial charge is 0.243 e. The van der Waals surface area contributed by atoms with Crippen molar-refractivity contribution >= 4 is 10.0 Å². The molecule has 0 fully saturated rings. The van der Waals surface area contributed by atoms with E-state index in [1.165, 1.54) is 21.9 Å². The average molecular weight is 345 g/mol. The van der Waals surface area contributed by atoms with Crippen molar-refractivity contribution in [3.05, 3.63) is 59.2 Å². The van der Waals surface area contributed by atoms with Gasteiger partial charge < -0.3 is 4.74 Å². The van der Waals surface area contributed by atoms with E-state index in [-0.39, 0.29) is 0 Å². The topological polar surface area (TPSA) is 46.6 Å². The summed E-state index contributed by atoms with van der Waals surface area (Å²) in [6.45, 7) is 0.316. The van der Waals surface area contributed by atoms with Crippen LogP contribution in [0.5, 0.6) is 5.75 Å². The minimum atomic E-state index is -3.50. The summed E-state index contributed by atoms with van der Waals surface area (Å²) in [5, 5.41) is 0. The summed E-state index contributed by atoms with van der Waals surface area (Å²) in [7, 11) is -0.275. The van der Waals surface area contributed by atoms with Gasteiger partial charge in [-0.1, -0.05) is 18.2 Å². The highest BCUT2D eigenvalue weighted by Gasteiger charge is 2.22. The minimum absolute atomic E-state index is 0.316. The van der Waals surface area contributed by atoms with E-state index in [9.17, 15) is 8.42 Å². The molecule has 0 heterocycles. The number of rotatable bonds is 5. The van der Waals surface area contributed by atoms with Crippen molar-refractivity contribution in [3.63, 3.8) is 0 Å². The zero-order valence-corrected chi connectivity index (χ0v) is 15.0. The molecule has 3 rings (SSSR count). The van der Waals surface area contributed by atoms with E-state index in [1.807, 2.05) is 36.4 Å². The first kappa shape index (κ1) is 17.0. The molecule has 0 aliphatic heterocycles. The molecule has 0 N–H and O–H groups in total. The van der Waals surface area contributed by atoms with Crippen LogP contribution in [0, 0.1) is 0 Å². The van der Waals surface area contributed by atoms with Crippen LogP contribution in [0.3, 0.4) is 0 Å². The van der Waals surface area contributed by atoms with Crippen LogP contribution < -0.4 is 4.74 Å². The minimum Gasteiger partial charge on any atom is -0.497 e. The Morgan fingerprint density at radius 2 is 1.79 bits per heavy atom. The van der Waals surface area contributed by atoms with E-state index >= 15 is 0 Å². The third kappa shape index (κ3) is 3.47. The summed E-state index contributed by atoms with van der Waals surface area (Å²) in [6, 6.07) is 13.0. The molecule has 5 heteroatoms. The van der Waals surface area contributed by atoms with Crippen LogP contribution in [0.25, 0.3) is 0 Å². The monoisotopic (exact) mass is 345 g/mol. The standard InChI is InChI=1S/C19H23NO3S/c1-20(14-15-6-5-9-18(12-15)23-2)24(21,22)19-11-10-16-7-3-4-8-17(16)13-19/h5-6,9-13H,3-4,7-8,14H2,1-2H3. The highest BCUT2D eigenvalue weighted by molar-refractivity contribution is 7.89. The number of sulfonamides is 1. The van der Waals surface area contributed by atoms with Crippen molar-refractivity contribution < 1.29 is 13.2 Å². The van der Waals surface area contributed by atoms with Crippen molar-refractivity contribution in [3.8, 4) is 5.75 Å². The second-order valence-corrected chi connectivity index (χ2v) is 8.30. The Morgan fingerprint density at radius 3 is 2.54 bits per heavy atom. The van der Waals surface area contributed by atoms with Crippen molar-refractivity contribution in [1.82, 2.24) is 4.31 Å². The second-order valence-electron chi connectivity index (χ2n) is 6.25. The van der Waals surface area contributed by atoms with E-state index in [2.05, 4.69) is 0 Å². The Kier molecular flexibility index (Phi) is 4.92. The van der Waals surface area contributed by atoms with Gasteiger partial charge in [-0.2, -0.15) is 4.31 Å². The maximum Gasteiger partial charge on any atom is 0.243 e. The van der Waals surface area contributed by atoms with Crippen LogP contribution in [0.2, 0.25) is 0 Å². The lowest BCUT2D eigenvalue weighted by molar-refractivity contribution is 0.412. The Bertz CT molecular complexity index is 830. The number of hydrogen-bond donors (Lipinski definition) is 0. The average Bonchev–Trinajstić information content (AvgIpc) is 2.61. The van der Waals surface area contributed by atoms with E-state index in [0.29, 0.717) is 11.4 Å². The Balaban J connectivity index is 1.83. The lowest BCUT2D eigenvalue weighted by atomic mass is 9.92. The van der Waals surface area contributed by atoms with E-state index in [0.717, 1.165) is 30.6 Å². The van der Waals surface area contributed by atoms with Crippen molar-refractivity contribution in [2.75, 3.05) is 14.2 Å². The lowest BCUT2D eigenvalue weighted by Gasteiger charge is -2.20. The molecular weight excluding hydrogens is 322 g/mol. The summed E-state index contributed by atoms with van der Waals surface area (Å²) in [5.41, 5.74) is 3.37. The van der Waals surface area contributed by atoms with Crippen molar-refractivity contribution in [2.45, 2.75) is 37.1 Å². The molecule has 0 bridgehead atoms. The van der Waals surface area contributed by atoms with Gasteiger partial charge in [-0.05, 0) is 66.6 Å². The summed E-state index contributed by atoms with van der Waals surface area (Å²) >= 11 is 0. The number of aryl methyl sites for hydroxylation is 2. The van der Waals surface area contributed by atoms with Gasteiger partial charge in [-0.3, -0.25) is 0 Å². The van der Waals surface area contributed by atoms with Gasteiger partial charge in [0.15, 0.2) is 0 Å². The molecule has 0 radical (unpaired) electrons. The predicted molar refractivity (Wildman–Crippen MR) is 94.7 cm³/mol. The molecule has 0 aromatic heterocycles. The fraction of sp³-hybridized carbons (Fsp3) is 0.368. The number of benzene rings is 2. The molecule has 0 unspecified atom stereocenters. The molecule has 0 spiro atoms. The normalized spacial score (nSPS) is 14.5. The summed E-state index contributed by atoms with van der Waals surface area (Å²) in [6.07, 6.45) is 4.35. The van der Waals surface area contributed by atoms with Gasteiger partial charge in [-0.15, -0.1) is 0 Å².